The highest BCUT2D eigenvalue weighted by molar-refractivity contribution is 7.98. The van der Waals surface area contributed by atoms with E-state index in [-0.39, 0.29) is 30.7 Å². The number of rotatable bonds is 16. The van der Waals surface area contributed by atoms with Crippen LogP contribution in [0.15, 0.2) is 77.8 Å². The number of amides is 1. The maximum Gasteiger partial charge on any atom is 0.305 e. The molecule has 5 nitrogen and oxygen atoms in total. The van der Waals surface area contributed by atoms with Crippen LogP contribution in [0.3, 0.4) is 0 Å². The third-order valence-electron chi connectivity index (χ3n) is 6.07. The lowest BCUT2D eigenvalue weighted by Gasteiger charge is -2.24. The smallest absolute Gasteiger partial charge is 0.305 e. The van der Waals surface area contributed by atoms with Gasteiger partial charge in [-0.15, -0.1) is 18.3 Å². The SMILES string of the molecule is C=CC(C/C=C/C(C)C(Cc1cc(Cl)cc(C#N)c1SC)C(=C)/C=C\C(=C)Cl)C(=O)NCCC(=O)O.CC.CC.CC.CCCC. The number of carboxylic acid groups (broad SMARTS) is 1. The molecule has 0 aliphatic carbocycles. The Morgan fingerprint density at radius 1 is 1.09 bits per heavy atom. The summed E-state index contributed by atoms with van der Waals surface area (Å²) in [5.74, 6) is -1.73. The molecule has 3 atom stereocenters. The van der Waals surface area contributed by atoms with Gasteiger partial charge in [-0.1, -0.05) is 141 Å². The van der Waals surface area contributed by atoms with E-state index in [0.29, 0.717) is 28.5 Å². The van der Waals surface area contributed by atoms with Crippen LogP contribution in [-0.2, 0) is 16.0 Å². The Labute approximate surface area is 295 Å². The molecule has 8 heteroatoms. The summed E-state index contributed by atoms with van der Waals surface area (Å²) in [6.45, 7) is 30.2. The first-order chi connectivity index (χ1) is 21.9. The monoisotopic (exact) mass is 694 g/mol. The number of nitrogens with zero attached hydrogens (tertiary/aromatic N) is 1. The molecule has 0 heterocycles. The maximum absolute atomic E-state index is 12.3. The van der Waals surface area contributed by atoms with Crippen molar-refractivity contribution in [2.45, 2.75) is 99.3 Å². The maximum atomic E-state index is 12.3. The van der Waals surface area contributed by atoms with Gasteiger partial charge >= 0.3 is 5.97 Å². The van der Waals surface area contributed by atoms with E-state index < -0.39 is 11.9 Å². The van der Waals surface area contributed by atoms with Gasteiger partial charge in [0.25, 0.3) is 0 Å². The summed E-state index contributed by atoms with van der Waals surface area (Å²) in [7, 11) is 0. The Kier molecular flexibility index (Phi) is 36.7. The van der Waals surface area contributed by atoms with Crippen molar-refractivity contribution in [2.75, 3.05) is 12.8 Å². The van der Waals surface area contributed by atoms with Crippen molar-refractivity contribution in [3.63, 3.8) is 0 Å². The number of thioether (sulfide) groups is 1. The predicted molar refractivity (Wildman–Crippen MR) is 205 cm³/mol. The zero-order chi connectivity index (χ0) is 36.7. The topological polar surface area (TPSA) is 90.2 Å². The molecule has 2 N–H and O–H groups in total. The average molecular weight is 696 g/mol. The van der Waals surface area contributed by atoms with E-state index in [1.807, 2.05) is 72.1 Å². The van der Waals surface area contributed by atoms with E-state index in [1.165, 1.54) is 24.6 Å². The number of nitrogens with one attached hydrogen (secondary N) is 1. The Balaban J connectivity index is -0.000000785. The number of benzene rings is 1. The Morgan fingerprint density at radius 3 is 2.09 bits per heavy atom. The molecule has 0 aliphatic heterocycles. The first-order valence-electron chi connectivity index (χ1n) is 16.2. The summed E-state index contributed by atoms with van der Waals surface area (Å²) in [5, 5.41) is 21.8. The minimum Gasteiger partial charge on any atom is -0.481 e. The average Bonchev–Trinajstić information content (AvgIpc) is 3.06. The van der Waals surface area contributed by atoms with Crippen LogP contribution in [0.2, 0.25) is 5.02 Å². The summed E-state index contributed by atoms with van der Waals surface area (Å²) >= 11 is 13.7. The number of carbonyl (C=O) groups excluding carboxylic acids is 1. The van der Waals surface area contributed by atoms with Gasteiger partial charge in [-0.3, -0.25) is 9.59 Å². The first-order valence-corrected chi connectivity index (χ1v) is 18.2. The van der Waals surface area contributed by atoms with Gasteiger partial charge in [-0.05, 0) is 54.7 Å². The number of allylic oxidation sites excluding steroid dienone is 6. The van der Waals surface area contributed by atoms with E-state index in [0.717, 1.165) is 16.0 Å². The van der Waals surface area contributed by atoms with E-state index in [9.17, 15) is 14.9 Å². The second kappa shape index (κ2) is 33.6. The van der Waals surface area contributed by atoms with Crippen LogP contribution < -0.4 is 5.32 Å². The second-order valence-corrected chi connectivity index (χ2v) is 11.0. The summed E-state index contributed by atoms with van der Waals surface area (Å²) < 4.78 is 0. The molecule has 0 radical (unpaired) electrons. The molecule has 0 aliphatic rings. The molecule has 1 aromatic rings. The molecule has 3 unspecified atom stereocenters. The molecular weight excluding hydrogens is 635 g/mol. The lowest BCUT2D eigenvalue weighted by Crippen LogP contribution is -2.31. The summed E-state index contributed by atoms with van der Waals surface area (Å²) in [4.78, 5) is 23.9. The number of halogens is 2. The highest BCUT2D eigenvalue weighted by atomic mass is 35.5. The van der Waals surface area contributed by atoms with Gasteiger partial charge in [0, 0.05) is 21.5 Å². The minimum atomic E-state index is -0.969. The van der Waals surface area contributed by atoms with Crippen molar-refractivity contribution < 1.29 is 14.7 Å². The van der Waals surface area contributed by atoms with Crippen LogP contribution >= 0.6 is 35.0 Å². The molecular formula is C38H60Cl2N2O3S. The zero-order valence-corrected chi connectivity index (χ0v) is 32.3. The Morgan fingerprint density at radius 2 is 1.65 bits per heavy atom. The van der Waals surface area contributed by atoms with Crippen molar-refractivity contribution in [1.82, 2.24) is 5.32 Å². The summed E-state index contributed by atoms with van der Waals surface area (Å²) in [6, 6.07) is 5.76. The van der Waals surface area contributed by atoms with Gasteiger partial charge in [0.05, 0.1) is 17.9 Å². The molecule has 260 valence electrons. The van der Waals surface area contributed by atoms with Crippen molar-refractivity contribution in [2.24, 2.45) is 17.8 Å². The molecule has 46 heavy (non-hydrogen) atoms. The number of hydrogen-bond donors (Lipinski definition) is 2. The molecule has 1 aromatic carbocycles. The fourth-order valence-corrected chi connectivity index (χ4v) is 4.68. The van der Waals surface area contributed by atoms with Gasteiger partial charge in [-0.2, -0.15) is 5.26 Å². The summed E-state index contributed by atoms with van der Waals surface area (Å²) in [6.07, 6.45) is 14.5. The second-order valence-electron chi connectivity index (χ2n) is 9.22. The van der Waals surface area contributed by atoms with Crippen molar-refractivity contribution >= 4 is 46.8 Å². The van der Waals surface area contributed by atoms with E-state index in [1.54, 1.807) is 18.2 Å². The molecule has 0 fully saturated rings. The quantitative estimate of drug-likeness (QED) is 0.102. The van der Waals surface area contributed by atoms with Crippen molar-refractivity contribution in [3.8, 4) is 6.07 Å². The van der Waals surface area contributed by atoms with E-state index >= 15 is 0 Å². The Bertz CT molecular complexity index is 1120. The van der Waals surface area contributed by atoms with Crippen LogP contribution in [0.4, 0.5) is 0 Å². The highest BCUT2D eigenvalue weighted by Gasteiger charge is 2.21. The third-order valence-corrected chi connectivity index (χ3v) is 7.31. The van der Waals surface area contributed by atoms with Crippen LogP contribution in [-0.4, -0.2) is 29.8 Å². The minimum absolute atomic E-state index is 0.0190. The van der Waals surface area contributed by atoms with Crippen LogP contribution in [0.25, 0.3) is 0 Å². The molecule has 0 saturated carbocycles. The van der Waals surface area contributed by atoms with Crippen LogP contribution in [0.1, 0.15) is 99.1 Å². The highest BCUT2D eigenvalue weighted by Crippen LogP contribution is 2.34. The molecule has 0 saturated heterocycles. The zero-order valence-electron chi connectivity index (χ0n) is 30.0. The number of nitriles is 1. The fraction of sp³-hybridized carbons (Fsp3) is 0.500. The molecule has 1 rings (SSSR count). The Hall–Kier alpha value is -2.72. The van der Waals surface area contributed by atoms with Gasteiger partial charge < -0.3 is 10.4 Å². The fourth-order valence-electron chi connectivity index (χ4n) is 3.65. The number of carboxylic acids is 1. The standard InChI is InChI=1S/C28H32Cl2N2O3S.C4H10.3C2H6/c1-6-21(28(35)32-13-12-26(33)34)9-7-8-18(2)25(19(3)10-11-20(4)29)16-22-14-24(30)15-23(17-31)27(22)36-5;1-3-4-2;3*1-2/h6-8,10-11,14-15,18,21,25H,1,3-4,9,12-13,16H2,2,5H3,(H,32,35)(H,33,34);3-4H2,1-2H3;3*1-2H3/b8-7+,11-10-;;;;. The molecule has 1 amide bonds. The summed E-state index contributed by atoms with van der Waals surface area (Å²) in [5.41, 5.74) is 2.33. The molecule has 0 spiro atoms. The van der Waals surface area contributed by atoms with Crippen molar-refractivity contribution in [3.05, 3.63) is 89.0 Å². The number of unbranched alkanes of at least 4 members (excludes halogenated alkanes) is 1. The normalized spacial score (nSPS) is 11.7. The van der Waals surface area contributed by atoms with Crippen LogP contribution in [0, 0.1) is 29.1 Å². The van der Waals surface area contributed by atoms with Gasteiger partial charge in [-0.25, -0.2) is 0 Å². The van der Waals surface area contributed by atoms with Gasteiger partial charge in [0.2, 0.25) is 5.91 Å². The molecule has 0 aromatic heterocycles. The van der Waals surface area contributed by atoms with Crippen LogP contribution in [0.5, 0.6) is 0 Å². The third kappa shape index (κ3) is 23.6. The molecule has 0 bridgehead atoms. The van der Waals surface area contributed by atoms with Crippen molar-refractivity contribution in [1.29, 1.82) is 5.26 Å². The first kappa shape index (κ1) is 50.1. The van der Waals surface area contributed by atoms with E-state index in [2.05, 4.69) is 51.9 Å². The predicted octanol–water partition coefficient (Wildman–Crippen LogP) is 11.8. The number of carbonyl (C=O) groups is 2. The number of aliphatic carboxylic acids is 1. The van der Waals surface area contributed by atoms with Gasteiger partial charge in [0.15, 0.2) is 0 Å². The number of hydrogen-bond acceptors (Lipinski definition) is 4. The lowest BCUT2D eigenvalue weighted by molar-refractivity contribution is -0.137. The largest absolute Gasteiger partial charge is 0.481 e. The van der Waals surface area contributed by atoms with Gasteiger partial charge in [0.1, 0.15) is 6.07 Å². The lowest BCUT2D eigenvalue weighted by atomic mass is 9.81. The van der Waals surface area contributed by atoms with E-state index in [4.69, 9.17) is 28.3 Å².